The summed E-state index contributed by atoms with van der Waals surface area (Å²) in [6, 6.07) is 43.2. The molecule has 0 aromatic heterocycles. The quantitative estimate of drug-likeness (QED) is 0.158. The predicted molar refractivity (Wildman–Crippen MR) is 233 cm³/mol. The number of benzene rings is 6. The number of allylic oxidation sites excluding steroid dienone is 4. The van der Waals surface area contributed by atoms with Crippen molar-refractivity contribution in [3.63, 3.8) is 0 Å². The molecule has 0 N–H and O–H groups in total. The van der Waals surface area contributed by atoms with Crippen molar-refractivity contribution in [2.24, 2.45) is 17.8 Å². The molecule has 0 bridgehead atoms. The maximum absolute atomic E-state index is 3.25. The van der Waals surface area contributed by atoms with E-state index in [2.05, 4.69) is 196 Å². The fourth-order valence-corrected chi connectivity index (χ4v) is 10.0. The third kappa shape index (κ3) is 8.55. The van der Waals surface area contributed by atoms with Gasteiger partial charge in [0.25, 0.3) is 0 Å². The molecule has 290 valence electrons. The minimum atomic E-state index is 0. The van der Waals surface area contributed by atoms with Crippen LogP contribution >= 0.6 is 0 Å². The van der Waals surface area contributed by atoms with Crippen LogP contribution in [0.5, 0.6) is 0 Å². The van der Waals surface area contributed by atoms with E-state index in [-0.39, 0.29) is 24.8 Å². The van der Waals surface area contributed by atoms with Crippen LogP contribution in [0.4, 0.5) is 0 Å². The van der Waals surface area contributed by atoms with E-state index in [9.17, 15) is 0 Å². The summed E-state index contributed by atoms with van der Waals surface area (Å²) in [6.07, 6.45) is 7.55. The van der Waals surface area contributed by atoms with Gasteiger partial charge in [0, 0.05) is 0 Å². The van der Waals surface area contributed by atoms with Crippen molar-refractivity contribution in [3.05, 3.63) is 201 Å². The second-order valence-electron chi connectivity index (χ2n) is 16.1. The zero-order valence-electron chi connectivity index (χ0n) is 34.8. The number of halogens is 2. The Kier molecular flexibility index (Phi) is 14.7. The van der Waals surface area contributed by atoms with E-state index in [4.69, 9.17) is 0 Å². The summed E-state index contributed by atoms with van der Waals surface area (Å²) in [5.74, 6) is 4.41. The normalized spacial score (nSPS) is 19.7. The van der Waals surface area contributed by atoms with Gasteiger partial charge >= 0.3 is 99.2 Å². The van der Waals surface area contributed by atoms with Gasteiger partial charge in [0.15, 0.2) is 0 Å². The SMILES string of the molecule is CC1[C-]=CC(c2ccccc2)=C1.Cc1cc2c(c(C)c1C)C(C)c1c3c(c4ccccc4c1-2)C(C)C(C)C(C)[C-]3C.[Cl-].[Cl-].[Zr+2]=[C](c1ccccc1)c1ccccc1. The zero-order valence-corrected chi connectivity index (χ0v) is 38.8. The second-order valence-corrected chi connectivity index (χ2v) is 17.3. The van der Waals surface area contributed by atoms with E-state index in [1.807, 2.05) is 6.07 Å². The Labute approximate surface area is 370 Å². The van der Waals surface area contributed by atoms with Gasteiger partial charge in [-0.15, -0.1) is 16.7 Å². The van der Waals surface area contributed by atoms with Crippen LogP contribution in [0.15, 0.2) is 133 Å². The van der Waals surface area contributed by atoms with Crippen molar-refractivity contribution >= 4 is 19.6 Å². The van der Waals surface area contributed by atoms with Crippen molar-refractivity contribution in [1.82, 2.24) is 0 Å². The summed E-state index contributed by atoms with van der Waals surface area (Å²) < 4.78 is 1.42. The molecule has 0 amide bonds. The van der Waals surface area contributed by atoms with Crippen molar-refractivity contribution < 1.29 is 49.0 Å². The molecule has 57 heavy (non-hydrogen) atoms. The Morgan fingerprint density at radius 3 is 1.70 bits per heavy atom. The molecule has 0 fully saturated rings. The molecule has 3 aliphatic carbocycles. The molecule has 0 nitrogen and oxygen atoms in total. The molecule has 6 aromatic rings. The molecule has 9 rings (SSSR count). The number of hydrogen-bond donors (Lipinski definition) is 0. The average molecular weight is 865 g/mol. The summed E-state index contributed by atoms with van der Waals surface area (Å²) >= 11 is 1.46. The van der Waals surface area contributed by atoms with Crippen LogP contribution in [-0.2, 0) is 24.2 Å². The first kappa shape index (κ1) is 44.4. The molecule has 6 aromatic carbocycles. The molecule has 0 saturated heterocycles. The van der Waals surface area contributed by atoms with Crippen molar-refractivity contribution in [3.8, 4) is 11.1 Å². The standard InChI is InChI=1S/C29H33.C13H10.C12H11.2ClH.Zr/c1-14-13-24-25(18(5)15(14)2)21(8)28-27-20(7)17(4)16(3)19(6)26(27)22-11-9-10-12-23(22)29(24)28;1-3-7-12(8-4-1)11-13-9-5-2-6-10-13;1-10-7-8-12(9-10)11-5-3-2-4-6-11;;;/h9-13,16-17,19,21H,1-8H3;1-10H;2-6,8-10H,1H3;2*1H;/q-1;;-1;;;+2/p-2. The number of fused-ring (bicyclic) bond motifs is 8. The van der Waals surface area contributed by atoms with Gasteiger partial charge < -0.3 is 24.8 Å². The van der Waals surface area contributed by atoms with Crippen molar-refractivity contribution in [1.29, 1.82) is 0 Å². The Morgan fingerprint density at radius 1 is 0.632 bits per heavy atom. The Hall–Kier alpha value is -3.74. The van der Waals surface area contributed by atoms with Crippen molar-refractivity contribution in [2.45, 2.75) is 74.1 Å². The Bertz CT molecular complexity index is 2370. The fourth-order valence-electron chi connectivity index (χ4n) is 9.21. The van der Waals surface area contributed by atoms with Gasteiger partial charge in [-0.1, -0.05) is 137 Å². The fraction of sp³-hybridized carbons (Fsp3) is 0.259. The molecule has 0 aliphatic heterocycles. The minimum absolute atomic E-state index is 0. The molecule has 5 unspecified atom stereocenters. The number of aryl methyl sites for hydroxylation is 1. The van der Waals surface area contributed by atoms with Gasteiger partial charge in [-0.05, 0) is 59.9 Å². The molecule has 3 aliphatic rings. The molecule has 5 atom stereocenters. The van der Waals surface area contributed by atoms with Crippen LogP contribution in [0, 0.1) is 50.5 Å². The van der Waals surface area contributed by atoms with Crippen LogP contribution < -0.4 is 24.8 Å². The average Bonchev–Trinajstić information content (AvgIpc) is 3.79. The molecular formula is C54H54Cl2Zr-2. The molecule has 0 radical (unpaired) electrons. The Morgan fingerprint density at radius 2 is 1.16 bits per heavy atom. The number of rotatable bonds is 3. The molecule has 0 saturated carbocycles. The van der Waals surface area contributed by atoms with Gasteiger partial charge in [0.2, 0.25) is 0 Å². The van der Waals surface area contributed by atoms with Crippen LogP contribution in [0.1, 0.15) is 109 Å². The molecular weight excluding hydrogens is 811 g/mol. The van der Waals surface area contributed by atoms with Gasteiger partial charge in [0.05, 0.1) is 0 Å². The third-order valence-electron chi connectivity index (χ3n) is 12.9. The first-order chi connectivity index (χ1) is 26.5. The van der Waals surface area contributed by atoms with Gasteiger partial charge in [-0.25, -0.2) is 6.08 Å². The zero-order chi connectivity index (χ0) is 39.0. The van der Waals surface area contributed by atoms with Crippen LogP contribution in [0.2, 0.25) is 0 Å². The van der Waals surface area contributed by atoms with E-state index >= 15 is 0 Å². The van der Waals surface area contributed by atoms with E-state index < -0.39 is 0 Å². The summed E-state index contributed by atoms with van der Waals surface area (Å²) in [4.78, 5) is 0. The summed E-state index contributed by atoms with van der Waals surface area (Å²) in [6.45, 7) is 21.2. The van der Waals surface area contributed by atoms with E-state index in [1.165, 1.54) is 88.3 Å². The van der Waals surface area contributed by atoms with Gasteiger partial charge in [-0.3, -0.25) is 6.08 Å². The van der Waals surface area contributed by atoms with E-state index in [0.717, 1.165) is 0 Å². The topological polar surface area (TPSA) is 0 Å². The van der Waals surface area contributed by atoms with Crippen LogP contribution in [-0.4, -0.2) is 3.21 Å². The second kappa shape index (κ2) is 18.9. The number of hydrogen-bond acceptors (Lipinski definition) is 0. The molecule has 0 spiro atoms. The maximum atomic E-state index is 3.25. The predicted octanol–water partition coefficient (Wildman–Crippen LogP) is 8.12. The van der Waals surface area contributed by atoms with Gasteiger partial charge in [-0.2, -0.15) is 23.1 Å². The third-order valence-corrected chi connectivity index (χ3v) is 14.3. The summed E-state index contributed by atoms with van der Waals surface area (Å²) in [7, 11) is 0. The van der Waals surface area contributed by atoms with Gasteiger partial charge in [0.1, 0.15) is 0 Å². The van der Waals surface area contributed by atoms with E-state index in [1.54, 1.807) is 28.2 Å². The summed E-state index contributed by atoms with van der Waals surface area (Å²) in [5, 5.41) is 2.93. The van der Waals surface area contributed by atoms with E-state index in [0.29, 0.717) is 29.6 Å². The first-order valence-corrected chi connectivity index (χ1v) is 21.3. The molecule has 0 heterocycles. The van der Waals surface area contributed by atoms with Crippen LogP contribution in [0.3, 0.4) is 0 Å². The Balaban J connectivity index is 0.000000185. The van der Waals surface area contributed by atoms with Crippen molar-refractivity contribution in [2.75, 3.05) is 0 Å². The monoisotopic (exact) mass is 862 g/mol. The molecule has 3 heteroatoms. The van der Waals surface area contributed by atoms with Crippen LogP contribution in [0.25, 0.3) is 27.5 Å². The first-order valence-electron chi connectivity index (χ1n) is 20.1. The summed E-state index contributed by atoms with van der Waals surface area (Å²) in [5.41, 5.74) is 19.0.